The average Bonchev–Trinajstić information content (AvgIpc) is 2.60. The highest BCUT2D eigenvalue weighted by atomic mass is 19.1. The van der Waals surface area contributed by atoms with Crippen LogP contribution in [0.5, 0.6) is 0 Å². The van der Waals surface area contributed by atoms with Crippen molar-refractivity contribution in [3.05, 3.63) is 36.9 Å². The Hall–Kier alpha value is -1.71. The molecule has 0 N–H and O–H groups in total. The van der Waals surface area contributed by atoms with Crippen molar-refractivity contribution in [3.8, 4) is 0 Å². The number of halogens is 1. The summed E-state index contributed by atoms with van der Waals surface area (Å²) in [7, 11) is 0. The molecule has 0 bridgehead atoms. The van der Waals surface area contributed by atoms with Crippen molar-refractivity contribution in [1.82, 2.24) is 4.98 Å². The van der Waals surface area contributed by atoms with Gasteiger partial charge >= 0.3 is 0 Å². The molecular weight excluding hydrogens is 195 g/mol. The summed E-state index contributed by atoms with van der Waals surface area (Å²) in [4.78, 5) is 16.6. The lowest BCUT2D eigenvalue weighted by Crippen LogP contribution is -2.24. The molecule has 15 heavy (non-hydrogen) atoms. The van der Waals surface area contributed by atoms with Crippen molar-refractivity contribution < 1.29 is 9.18 Å². The van der Waals surface area contributed by atoms with Gasteiger partial charge in [0.25, 0.3) is 0 Å². The molecule has 1 amide bonds. The average molecular weight is 206 g/mol. The number of carbonyl (C=O) groups excluding carboxylic acids is 1. The molecule has 1 unspecified atom stereocenters. The van der Waals surface area contributed by atoms with Gasteiger partial charge in [0.15, 0.2) is 0 Å². The van der Waals surface area contributed by atoms with Crippen LogP contribution in [0, 0.1) is 11.9 Å². The van der Waals surface area contributed by atoms with Crippen molar-refractivity contribution in [2.24, 2.45) is 5.92 Å². The lowest BCUT2D eigenvalue weighted by molar-refractivity contribution is -0.117. The van der Waals surface area contributed by atoms with Gasteiger partial charge in [0.2, 0.25) is 11.9 Å². The summed E-state index contributed by atoms with van der Waals surface area (Å²) in [5.74, 6) is -0.401. The fourth-order valence-electron chi connectivity index (χ4n) is 1.70. The molecule has 1 fully saturated rings. The molecule has 1 atom stereocenters. The SMILES string of the molecule is C=CC1CC(=O)N(c2ccnc(F)c2)C1. The number of amides is 1. The van der Waals surface area contributed by atoms with E-state index in [2.05, 4.69) is 11.6 Å². The van der Waals surface area contributed by atoms with Gasteiger partial charge in [0, 0.05) is 36.8 Å². The molecule has 0 aliphatic carbocycles. The Morgan fingerprint density at radius 2 is 2.47 bits per heavy atom. The second-order valence-corrected chi connectivity index (χ2v) is 3.54. The summed E-state index contributed by atoms with van der Waals surface area (Å²) >= 11 is 0. The first-order chi connectivity index (χ1) is 7.20. The normalized spacial score (nSPS) is 20.7. The van der Waals surface area contributed by atoms with E-state index in [4.69, 9.17) is 0 Å². The van der Waals surface area contributed by atoms with Gasteiger partial charge in [-0.05, 0) is 6.07 Å². The number of hydrogen-bond acceptors (Lipinski definition) is 2. The second-order valence-electron chi connectivity index (χ2n) is 3.54. The van der Waals surface area contributed by atoms with Gasteiger partial charge in [0.1, 0.15) is 0 Å². The molecule has 1 saturated heterocycles. The Kier molecular flexibility index (Phi) is 2.49. The molecule has 2 rings (SSSR count). The Morgan fingerprint density at radius 1 is 1.67 bits per heavy atom. The van der Waals surface area contributed by atoms with E-state index in [9.17, 15) is 9.18 Å². The van der Waals surface area contributed by atoms with E-state index in [-0.39, 0.29) is 11.8 Å². The van der Waals surface area contributed by atoms with E-state index in [1.165, 1.54) is 12.3 Å². The summed E-state index contributed by atoms with van der Waals surface area (Å²) < 4.78 is 12.9. The molecule has 0 aromatic carbocycles. The minimum atomic E-state index is -0.567. The third-order valence-corrected chi connectivity index (χ3v) is 2.51. The van der Waals surface area contributed by atoms with Gasteiger partial charge in [-0.2, -0.15) is 4.39 Å². The molecule has 0 saturated carbocycles. The number of aromatic nitrogens is 1. The molecule has 4 heteroatoms. The molecule has 0 radical (unpaired) electrons. The molecular formula is C11H11FN2O. The maximum Gasteiger partial charge on any atom is 0.227 e. The highest BCUT2D eigenvalue weighted by Crippen LogP contribution is 2.25. The molecule has 1 aromatic rings. The van der Waals surface area contributed by atoms with Crippen molar-refractivity contribution in [2.75, 3.05) is 11.4 Å². The molecule has 2 heterocycles. The van der Waals surface area contributed by atoms with Crippen LogP contribution in [0.25, 0.3) is 0 Å². The van der Waals surface area contributed by atoms with Crippen LogP contribution < -0.4 is 4.90 Å². The van der Waals surface area contributed by atoms with E-state index in [0.717, 1.165) is 0 Å². The van der Waals surface area contributed by atoms with E-state index in [1.807, 2.05) is 0 Å². The van der Waals surface area contributed by atoms with Crippen LogP contribution in [0.3, 0.4) is 0 Å². The van der Waals surface area contributed by atoms with Crippen LogP contribution in [-0.2, 0) is 4.79 Å². The molecule has 0 spiro atoms. The monoisotopic (exact) mass is 206 g/mol. The number of hydrogen-bond donors (Lipinski definition) is 0. The predicted molar refractivity (Wildman–Crippen MR) is 54.9 cm³/mol. The molecule has 3 nitrogen and oxygen atoms in total. The van der Waals surface area contributed by atoms with Crippen molar-refractivity contribution in [1.29, 1.82) is 0 Å². The zero-order valence-corrected chi connectivity index (χ0v) is 8.19. The Labute approximate surface area is 87.2 Å². The van der Waals surface area contributed by atoms with Gasteiger partial charge in [0.05, 0.1) is 0 Å². The number of anilines is 1. The summed E-state index contributed by atoms with van der Waals surface area (Å²) in [5.41, 5.74) is 0.567. The molecule has 78 valence electrons. The minimum absolute atomic E-state index is 0.00509. The zero-order chi connectivity index (χ0) is 10.8. The van der Waals surface area contributed by atoms with E-state index >= 15 is 0 Å². The molecule has 1 aliphatic heterocycles. The number of nitrogens with zero attached hydrogens (tertiary/aromatic N) is 2. The van der Waals surface area contributed by atoms with Gasteiger partial charge in [-0.1, -0.05) is 6.08 Å². The zero-order valence-electron chi connectivity index (χ0n) is 8.19. The fourth-order valence-corrected chi connectivity index (χ4v) is 1.70. The first kappa shape index (κ1) is 9.83. The highest BCUT2D eigenvalue weighted by Gasteiger charge is 2.28. The van der Waals surface area contributed by atoms with Crippen molar-refractivity contribution >= 4 is 11.6 Å². The van der Waals surface area contributed by atoms with Crippen LogP contribution in [0.2, 0.25) is 0 Å². The van der Waals surface area contributed by atoms with Crippen LogP contribution in [0.4, 0.5) is 10.1 Å². The van der Waals surface area contributed by atoms with Crippen LogP contribution in [0.15, 0.2) is 31.0 Å². The first-order valence-electron chi connectivity index (χ1n) is 4.75. The number of rotatable bonds is 2. The lowest BCUT2D eigenvalue weighted by Gasteiger charge is -2.15. The van der Waals surface area contributed by atoms with Crippen LogP contribution in [-0.4, -0.2) is 17.4 Å². The molecule has 1 aromatic heterocycles. The molecule has 1 aliphatic rings. The van der Waals surface area contributed by atoms with Gasteiger partial charge in [-0.15, -0.1) is 6.58 Å². The summed E-state index contributed by atoms with van der Waals surface area (Å²) in [5, 5.41) is 0. The minimum Gasteiger partial charge on any atom is -0.312 e. The van der Waals surface area contributed by atoms with Gasteiger partial charge in [-0.3, -0.25) is 4.79 Å². The maximum atomic E-state index is 12.9. The second kappa shape index (κ2) is 3.81. The third kappa shape index (κ3) is 1.88. The predicted octanol–water partition coefficient (Wildman–Crippen LogP) is 1.76. The maximum absolute atomic E-state index is 12.9. The van der Waals surface area contributed by atoms with Crippen LogP contribution in [0.1, 0.15) is 6.42 Å². The Balaban J connectivity index is 2.25. The summed E-state index contributed by atoms with van der Waals surface area (Å²) in [6, 6.07) is 2.90. The largest absolute Gasteiger partial charge is 0.312 e. The van der Waals surface area contributed by atoms with Crippen molar-refractivity contribution in [3.63, 3.8) is 0 Å². The Bertz CT molecular complexity index is 405. The number of pyridine rings is 1. The fraction of sp³-hybridized carbons (Fsp3) is 0.273. The van der Waals surface area contributed by atoms with Gasteiger partial charge in [-0.25, -0.2) is 4.98 Å². The van der Waals surface area contributed by atoms with E-state index in [0.29, 0.717) is 18.7 Å². The topological polar surface area (TPSA) is 33.2 Å². The van der Waals surface area contributed by atoms with Crippen LogP contribution >= 0.6 is 0 Å². The highest BCUT2D eigenvalue weighted by molar-refractivity contribution is 5.95. The first-order valence-corrected chi connectivity index (χ1v) is 4.75. The lowest BCUT2D eigenvalue weighted by atomic mass is 10.1. The van der Waals surface area contributed by atoms with Gasteiger partial charge < -0.3 is 4.90 Å². The summed E-state index contributed by atoms with van der Waals surface area (Å²) in [6.45, 7) is 4.23. The van der Waals surface area contributed by atoms with Crippen molar-refractivity contribution in [2.45, 2.75) is 6.42 Å². The van der Waals surface area contributed by atoms with E-state index in [1.54, 1.807) is 17.0 Å². The van der Waals surface area contributed by atoms with E-state index < -0.39 is 5.95 Å². The standard InChI is InChI=1S/C11H11FN2O/c1-2-8-5-11(15)14(7-8)9-3-4-13-10(12)6-9/h2-4,6,8H,1,5,7H2. The third-order valence-electron chi connectivity index (χ3n) is 2.51. The summed E-state index contributed by atoms with van der Waals surface area (Å²) in [6.07, 6.45) is 3.57. The number of carbonyl (C=O) groups is 1. The Morgan fingerprint density at radius 3 is 3.07 bits per heavy atom. The quantitative estimate of drug-likeness (QED) is 0.545. The smallest absolute Gasteiger partial charge is 0.227 e.